The first kappa shape index (κ1) is 18.4. The number of nitrogens with zero attached hydrogens (tertiary/aromatic N) is 2. The highest BCUT2D eigenvalue weighted by atomic mass is 19.4. The highest BCUT2D eigenvalue weighted by molar-refractivity contribution is 5.82. The summed E-state index contributed by atoms with van der Waals surface area (Å²) in [5.74, 6) is -1.34. The van der Waals surface area contributed by atoms with Crippen LogP contribution >= 0.6 is 0 Å². The summed E-state index contributed by atoms with van der Waals surface area (Å²) in [6.45, 7) is 1.61. The molecule has 0 bridgehead atoms. The maximum atomic E-state index is 13.4. The molecule has 1 saturated heterocycles. The lowest BCUT2D eigenvalue weighted by atomic mass is 10.0. The molecule has 1 aromatic carbocycles. The molecule has 3 rings (SSSR count). The maximum Gasteiger partial charge on any atom is 0.416 e. The van der Waals surface area contributed by atoms with Crippen molar-refractivity contribution < 1.29 is 27.6 Å². The van der Waals surface area contributed by atoms with Gasteiger partial charge in [-0.1, -0.05) is 6.07 Å². The predicted octanol–water partition coefficient (Wildman–Crippen LogP) is 1.82. The number of ether oxygens (including phenoxy) is 1. The molecule has 1 amide bonds. The third-order valence-electron chi connectivity index (χ3n) is 4.59. The van der Waals surface area contributed by atoms with Crippen molar-refractivity contribution in [2.45, 2.75) is 25.2 Å². The van der Waals surface area contributed by atoms with Gasteiger partial charge in [0, 0.05) is 36.7 Å². The lowest BCUT2D eigenvalue weighted by Gasteiger charge is -2.29. The van der Waals surface area contributed by atoms with E-state index in [0.29, 0.717) is 32.0 Å². The van der Waals surface area contributed by atoms with Gasteiger partial charge in [0.2, 0.25) is 11.9 Å². The fourth-order valence-corrected chi connectivity index (χ4v) is 3.01. The van der Waals surface area contributed by atoms with Crippen molar-refractivity contribution in [3.05, 3.63) is 39.4 Å². The Hall–Kier alpha value is -2.36. The van der Waals surface area contributed by atoms with Gasteiger partial charge in [-0.05, 0) is 17.7 Å². The predicted molar refractivity (Wildman–Crippen MR) is 85.2 cm³/mol. The first-order valence-electron chi connectivity index (χ1n) is 8.21. The zero-order valence-electron chi connectivity index (χ0n) is 13.8. The van der Waals surface area contributed by atoms with Gasteiger partial charge in [0.1, 0.15) is 5.92 Å². The molecule has 26 heavy (non-hydrogen) atoms. The Kier molecular flexibility index (Phi) is 5.03. The van der Waals surface area contributed by atoms with E-state index < -0.39 is 34.5 Å². The first-order chi connectivity index (χ1) is 12.3. The van der Waals surface area contributed by atoms with Gasteiger partial charge in [-0.3, -0.25) is 14.9 Å². The van der Waals surface area contributed by atoms with Crippen molar-refractivity contribution >= 4 is 11.6 Å². The highest BCUT2D eigenvalue weighted by Crippen LogP contribution is 2.36. The van der Waals surface area contributed by atoms with Crippen molar-refractivity contribution in [3.8, 4) is 0 Å². The van der Waals surface area contributed by atoms with E-state index in [0.717, 1.165) is 6.07 Å². The fourth-order valence-electron chi connectivity index (χ4n) is 3.01. The number of alkyl halides is 3. The third-order valence-corrected chi connectivity index (χ3v) is 4.59. The number of benzene rings is 1. The summed E-state index contributed by atoms with van der Waals surface area (Å²) in [6.07, 6.45) is -4.44. The molecular weight excluding hydrogens is 355 g/mol. The molecule has 1 heterocycles. The van der Waals surface area contributed by atoms with Crippen LogP contribution in [0.2, 0.25) is 0 Å². The average Bonchev–Trinajstić information content (AvgIpc) is 3.40. The van der Waals surface area contributed by atoms with Crippen molar-refractivity contribution in [3.63, 3.8) is 0 Å². The number of carbonyl (C=O) groups excluding carboxylic acids is 1. The smallest absolute Gasteiger partial charge is 0.378 e. The number of morpholine rings is 1. The van der Waals surface area contributed by atoms with Crippen LogP contribution in [0.5, 0.6) is 0 Å². The monoisotopic (exact) mass is 373 g/mol. The Morgan fingerprint density at radius 1 is 1.35 bits per heavy atom. The lowest BCUT2D eigenvalue weighted by Crippen LogP contribution is -2.36. The van der Waals surface area contributed by atoms with Gasteiger partial charge in [0.05, 0.1) is 18.8 Å². The van der Waals surface area contributed by atoms with Crippen molar-refractivity contribution in [2.24, 2.45) is 5.92 Å². The van der Waals surface area contributed by atoms with E-state index in [9.17, 15) is 28.1 Å². The fraction of sp³-hybridized carbons (Fsp3) is 0.562. The number of nitro groups is 1. The van der Waals surface area contributed by atoms with Crippen molar-refractivity contribution in [1.82, 2.24) is 5.32 Å². The molecule has 7 nitrogen and oxygen atoms in total. The normalized spacial score (nSPS) is 22.8. The molecule has 2 fully saturated rings. The minimum absolute atomic E-state index is 0.0684. The molecule has 0 unspecified atom stereocenters. The SMILES string of the molecule is O=C(NCc1ccc(N2CCOCC2)cc1C(F)(F)F)[C@H]1C[C@H]1[N+](=O)[O-]. The zero-order chi connectivity index (χ0) is 18.9. The van der Waals surface area contributed by atoms with Gasteiger partial charge in [-0.15, -0.1) is 0 Å². The number of nitrogens with one attached hydrogen (secondary N) is 1. The number of rotatable bonds is 5. The van der Waals surface area contributed by atoms with Crippen LogP contribution in [0, 0.1) is 16.0 Å². The summed E-state index contributed by atoms with van der Waals surface area (Å²) in [6, 6.07) is 3.06. The number of hydrogen-bond donors (Lipinski definition) is 1. The van der Waals surface area contributed by atoms with Crippen LogP contribution in [0.1, 0.15) is 17.5 Å². The van der Waals surface area contributed by atoms with Gasteiger partial charge >= 0.3 is 6.18 Å². The quantitative estimate of drug-likeness (QED) is 0.629. The topological polar surface area (TPSA) is 84.7 Å². The Balaban J connectivity index is 1.72. The Morgan fingerprint density at radius 2 is 2.04 bits per heavy atom. The van der Waals surface area contributed by atoms with E-state index in [1.807, 2.05) is 4.90 Å². The average molecular weight is 373 g/mol. The highest BCUT2D eigenvalue weighted by Gasteiger charge is 2.53. The molecule has 1 saturated carbocycles. The molecule has 1 N–H and O–H groups in total. The van der Waals surface area contributed by atoms with Crippen LogP contribution in [0.15, 0.2) is 18.2 Å². The van der Waals surface area contributed by atoms with Gasteiger partial charge in [0.25, 0.3) is 0 Å². The van der Waals surface area contributed by atoms with Crippen LogP contribution in [-0.2, 0) is 22.3 Å². The van der Waals surface area contributed by atoms with E-state index >= 15 is 0 Å². The molecule has 2 atom stereocenters. The second kappa shape index (κ2) is 7.10. The summed E-state index contributed by atoms with van der Waals surface area (Å²) in [4.78, 5) is 23.7. The standard InChI is InChI=1S/C16H18F3N3O4/c17-16(18,19)13-7-11(21-3-5-26-6-4-21)2-1-10(13)9-20-15(23)12-8-14(12)22(24)25/h1-2,7,12,14H,3-6,8-9H2,(H,20,23)/t12-,14+/m0/s1. The summed E-state index contributed by atoms with van der Waals surface area (Å²) in [5.41, 5.74) is -0.434. The molecule has 1 aromatic rings. The largest absolute Gasteiger partial charge is 0.416 e. The van der Waals surface area contributed by atoms with Crippen molar-refractivity contribution in [1.29, 1.82) is 0 Å². The number of amides is 1. The molecule has 0 aromatic heterocycles. The second-order valence-corrected chi connectivity index (χ2v) is 6.35. The van der Waals surface area contributed by atoms with Gasteiger partial charge < -0.3 is 15.0 Å². The molecule has 1 aliphatic carbocycles. The van der Waals surface area contributed by atoms with Gasteiger partial charge in [-0.2, -0.15) is 13.2 Å². The van der Waals surface area contributed by atoms with E-state index in [4.69, 9.17) is 4.74 Å². The summed E-state index contributed by atoms with van der Waals surface area (Å²) < 4.78 is 45.4. The van der Waals surface area contributed by atoms with E-state index in [1.54, 1.807) is 6.07 Å². The third kappa shape index (κ3) is 4.06. The molecular formula is C16H18F3N3O4. The minimum Gasteiger partial charge on any atom is -0.378 e. The summed E-state index contributed by atoms with van der Waals surface area (Å²) >= 11 is 0. The van der Waals surface area contributed by atoms with E-state index in [-0.39, 0.29) is 18.5 Å². The number of hydrogen-bond acceptors (Lipinski definition) is 5. The summed E-state index contributed by atoms with van der Waals surface area (Å²) in [7, 11) is 0. The van der Waals surface area contributed by atoms with Crippen LogP contribution in [0.4, 0.5) is 18.9 Å². The summed E-state index contributed by atoms with van der Waals surface area (Å²) in [5, 5.41) is 13.0. The Labute approximate surface area is 147 Å². The van der Waals surface area contributed by atoms with E-state index in [2.05, 4.69) is 5.32 Å². The minimum atomic E-state index is -4.56. The molecule has 142 valence electrons. The van der Waals surface area contributed by atoms with Crippen LogP contribution in [0.25, 0.3) is 0 Å². The van der Waals surface area contributed by atoms with Gasteiger partial charge in [-0.25, -0.2) is 0 Å². The van der Waals surface area contributed by atoms with Crippen LogP contribution in [0.3, 0.4) is 0 Å². The number of carbonyl (C=O) groups is 1. The van der Waals surface area contributed by atoms with Gasteiger partial charge in [0.15, 0.2) is 0 Å². The molecule has 1 aliphatic heterocycles. The first-order valence-corrected chi connectivity index (χ1v) is 8.21. The molecule has 0 radical (unpaired) electrons. The lowest BCUT2D eigenvalue weighted by molar-refractivity contribution is -0.497. The van der Waals surface area contributed by atoms with Crippen molar-refractivity contribution in [2.75, 3.05) is 31.2 Å². The van der Waals surface area contributed by atoms with Crippen LogP contribution < -0.4 is 10.2 Å². The number of anilines is 1. The number of halogens is 3. The Morgan fingerprint density at radius 3 is 2.62 bits per heavy atom. The zero-order valence-corrected chi connectivity index (χ0v) is 13.8. The van der Waals surface area contributed by atoms with Crippen LogP contribution in [-0.4, -0.2) is 43.2 Å². The Bertz CT molecular complexity index is 704. The molecule has 10 heteroatoms. The maximum absolute atomic E-state index is 13.4. The second-order valence-electron chi connectivity index (χ2n) is 6.35. The molecule has 0 spiro atoms. The van der Waals surface area contributed by atoms with E-state index in [1.165, 1.54) is 6.07 Å². The molecule has 2 aliphatic rings.